The van der Waals surface area contributed by atoms with E-state index in [1.165, 1.54) is 11.8 Å². The van der Waals surface area contributed by atoms with E-state index < -0.39 is 15.8 Å². The second-order valence-corrected chi connectivity index (χ2v) is 9.08. The van der Waals surface area contributed by atoms with E-state index in [2.05, 4.69) is 4.98 Å². The number of sulfone groups is 1. The number of aryl methyl sites for hydroxylation is 1. The van der Waals surface area contributed by atoms with Crippen LogP contribution in [0.5, 0.6) is 0 Å². The van der Waals surface area contributed by atoms with Crippen molar-refractivity contribution in [3.05, 3.63) is 40.4 Å². The first kappa shape index (κ1) is 14.6. The van der Waals surface area contributed by atoms with Gasteiger partial charge in [0.25, 0.3) is 0 Å². The van der Waals surface area contributed by atoms with Gasteiger partial charge in [0.2, 0.25) is 0 Å². The number of rotatable bonds is 3. The lowest BCUT2D eigenvalue weighted by atomic mass is 10.2. The molecule has 1 unspecified atom stereocenters. The van der Waals surface area contributed by atoms with Crippen molar-refractivity contribution in [1.82, 2.24) is 4.98 Å². The van der Waals surface area contributed by atoms with Crippen LogP contribution >= 0.6 is 23.1 Å². The molecule has 5 nitrogen and oxygen atoms in total. The summed E-state index contributed by atoms with van der Waals surface area (Å²) in [5.74, 6) is -0.978. The molecule has 3 rings (SSSR count). The van der Waals surface area contributed by atoms with Gasteiger partial charge in [-0.3, -0.25) is 0 Å². The number of hydrogen-bond donors (Lipinski definition) is 1. The predicted octanol–water partition coefficient (Wildman–Crippen LogP) is 2.77. The van der Waals surface area contributed by atoms with E-state index in [-0.39, 0.29) is 15.9 Å². The van der Waals surface area contributed by atoms with Gasteiger partial charge in [-0.05, 0) is 18.6 Å². The van der Waals surface area contributed by atoms with Crippen LogP contribution in [0.4, 0.5) is 0 Å². The van der Waals surface area contributed by atoms with Gasteiger partial charge in [0.1, 0.15) is 4.88 Å². The number of benzene rings is 1. The fourth-order valence-electron chi connectivity index (χ4n) is 2.25. The summed E-state index contributed by atoms with van der Waals surface area (Å²) in [6.45, 7) is 1.64. The molecular weight excluding hydrogens is 330 g/mol. The Morgan fingerprint density at radius 2 is 2.14 bits per heavy atom. The third kappa shape index (κ3) is 2.58. The molecule has 1 aromatic heterocycles. The van der Waals surface area contributed by atoms with Gasteiger partial charge >= 0.3 is 5.97 Å². The van der Waals surface area contributed by atoms with Crippen LogP contribution in [0, 0.1) is 6.92 Å². The number of thiazole rings is 1. The Morgan fingerprint density at radius 3 is 2.81 bits per heavy atom. The first-order chi connectivity index (χ1) is 9.88. The second kappa shape index (κ2) is 5.11. The summed E-state index contributed by atoms with van der Waals surface area (Å²) in [6.07, 6.45) is 0. The van der Waals surface area contributed by atoms with E-state index in [0.717, 1.165) is 16.9 Å². The number of carbonyl (C=O) groups is 1. The van der Waals surface area contributed by atoms with Gasteiger partial charge in [0.05, 0.1) is 21.6 Å². The number of carboxylic acid groups (broad SMARTS) is 1. The van der Waals surface area contributed by atoms with Crippen LogP contribution in [0.15, 0.2) is 33.5 Å². The number of nitrogens with zero attached hydrogens (tertiary/aromatic N) is 1. The molecule has 110 valence electrons. The van der Waals surface area contributed by atoms with Gasteiger partial charge in [0, 0.05) is 0 Å². The first-order valence-corrected chi connectivity index (χ1v) is 9.42. The van der Waals surface area contributed by atoms with E-state index in [1.807, 2.05) is 6.07 Å². The second-order valence-electron chi connectivity index (χ2n) is 4.63. The van der Waals surface area contributed by atoms with Gasteiger partial charge in [-0.2, -0.15) is 0 Å². The summed E-state index contributed by atoms with van der Waals surface area (Å²) in [4.78, 5) is 15.8. The molecule has 1 aliphatic heterocycles. The van der Waals surface area contributed by atoms with Crippen LogP contribution in [-0.4, -0.2) is 30.2 Å². The molecule has 1 N–H and O–H groups in total. The summed E-state index contributed by atoms with van der Waals surface area (Å²) in [5.41, 5.74) is 1.23. The van der Waals surface area contributed by atoms with Gasteiger partial charge in [-0.25, -0.2) is 18.2 Å². The van der Waals surface area contributed by atoms with Crippen molar-refractivity contribution in [3.8, 4) is 0 Å². The molecule has 1 aromatic carbocycles. The number of thioether (sulfide) groups is 1. The van der Waals surface area contributed by atoms with Crippen LogP contribution < -0.4 is 0 Å². The van der Waals surface area contributed by atoms with E-state index in [4.69, 9.17) is 5.11 Å². The van der Waals surface area contributed by atoms with E-state index in [0.29, 0.717) is 14.9 Å². The van der Waals surface area contributed by atoms with Crippen molar-refractivity contribution in [2.24, 2.45) is 0 Å². The lowest BCUT2D eigenvalue weighted by molar-refractivity contribution is 0.0701. The smallest absolute Gasteiger partial charge is 0.347 e. The van der Waals surface area contributed by atoms with Crippen LogP contribution in [0.25, 0.3) is 0 Å². The zero-order valence-electron chi connectivity index (χ0n) is 10.9. The molecule has 1 aliphatic rings. The lowest BCUT2D eigenvalue weighted by Gasteiger charge is -2.06. The Hall–Kier alpha value is -1.38. The quantitative estimate of drug-likeness (QED) is 0.924. The third-order valence-electron chi connectivity index (χ3n) is 3.19. The molecule has 0 radical (unpaired) electrons. The highest BCUT2D eigenvalue weighted by atomic mass is 32.2. The molecule has 0 spiro atoms. The highest BCUT2D eigenvalue weighted by Crippen LogP contribution is 2.46. The van der Waals surface area contributed by atoms with E-state index in [1.54, 1.807) is 25.1 Å². The number of carboxylic acids is 1. The van der Waals surface area contributed by atoms with Crippen LogP contribution in [0.3, 0.4) is 0 Å². The SMILES string of the molecule is Cc1nc(SC2CS(=O)(=O)c3ccccc32)sc1C(=O)O. The van der Waals surface area contributed by atoms with E-state index >= 15 is 0 Å². The molecule has 0 fully saturated rings. The molecular formula is C13H11NO4S3. The maximum Gasteiger partial charge on any atom is 0.347 e. The first-order valence-electron chi connectivity index (χ1n) is 6.07. The minimum absolute atomic E-state index is 0.0258. The molecule has 0 bridgehead atoms. The molecule has 0 saturated heterocycles. The summed E-state index contributed by atoms with van der Waals surface area (Å²) >= 11 is 2.40. The van der Waals surface area contributed by atoms with Crippen molar-refractivity contribution < 1.29 is 18.3 Å². The zero-order valence-corrected chi connectivity index (χ0v) is 13.4. The van der Waals surface area contributed by atoms with Gasteiger partial charge in [-0.15, -0.1) is 11.3 Å². The van der Waals surface area contributed by atoms with Gasteiger partial charge in [0.15, 0.2) is 14.2 Å². The van der Waals surface area contributed by atoms with Crippen LogP contribution in [0.2, 0.25) is 0 Å². The van der Waals surface area contributed by atoms with Crippen molar-refractivity contribution in [2.75, 3.05) is 5.75 Å². The average molecular weight is 341 g/mol. The van der Waals surface area contributed by atoms with Crippen molar-refractivity contribution in [3.63, 3.8) is 0 Å². The average Bonchev–Trinajstić information content (AvgIpc) is 2.89. The fourth-order valence-corrected chi connectivity index (χ4v) is 6.94. The summed E-state index contributed by atoms with van der Waals surface area (Å²) < 4.78 is 24.8. The molecule has 0 aliphatic carbocycles. The zero-order chi connectivity index (χ0) is 15.2. The highest BCUT2D eigenvalue weighted by Gasteiger charge is 2.35. The summed E-state index contributed by atoms with van der Waals surface area (Å²) in [5, 5.41) is 8.81. The van der Waals surface area contributed by atoms with Crippen molar-refractivity contribution in [2.45, 2.75) is 21.4 Å². The highest BCUT2D eigenvalue weighted by molar-refractivity contribution is 8.02. The predicted molar refractivity (Wildman–Crippen MR) is 80.9 cm³/mol. The monoisotopic (exact) mass is 341 g/mol. The summed E-state index contributed by atoms with van der Waals surface area (Å²) in [6, 6.07) is 6.93. The minimum atomic E-state index is -3.25. The largest absolute Gasteiger partial charge is 0.477 e. The topological polar surface area (TPSA) is 84.3 Å². The van der Waals surface area contributed by atoms with E-state index in [9.17, 15) is 13.2 Å². The molecule has 2 aromatic rings. The van der Waals surface area contributed by atoms with Gasteiger partial charge < -0.3 is 5.11 Å². The maximum absolute atomic E-state index is 12.1. The minimum Gasteiger partial charge on any atom is -0.477 e. The normalized spacial score (nSPS) is 19.4. The van der Waals surface area contributed by atoms with Gasteiger partial charge in [-0.1, -0.05) is 30.0 Å². The number of fused-ring (bicyclic) bond motifs is 1. The molecule has 21 heavy (non-hydrogen) atoms. The Morgan fingerprint density at radius 1 is 1.43 bits per heavy atom. The van der Waals surface area contributed by atoms with Crippen LogP contribution in [0.1, 0.15) is 26.2 Å². The number of hydrogen-bond acceptors (Lipinski definition) is 6. The standard InChI is InChI=1S/C13H11NO4S3/c1-7-11(12(15)16)20-13(14-7)19-9-6-21(17,18)10-5-3-2-4-8(9)10/h2-5,9H,6H2,1H3,(H,15,16). The van der Waals surface area contributed by atoms with Crippen molar-refractivity contribution in [1.29, 1.82) is 0 Å². The molecule has 8 heteroatoms. The summed E-state index contributed by atoms with van der Waals surface area (Å²) in [7, 11) is -3.25. The maximum atomic E-state index is 12.1. The van der Waals surface area contributed by atoms with Crippen molar-refractivity contribution >= 4 is 38.9 Å². The Bertz CT molecular complexity index is 826. The molecule has 2 heterocycles. The lowest BCUT2D eigenvalue weighted by Crippen LogP contribution is -2.00. The molecule has 0 amide bonds. The number of aromatic nitrogens is 1. The fraction of sp³-hybridized carbons (Fsp3) is 0.231. The Kier molecular flexibility index (Phi) is 3.54. The third-order valence-corrected chi connectivity index (χ3v) is 7.69. The molecule has 1 atom stereocenters. The van der Waals surface area contributed by atoms with Crippen LogP contribution in [-0.2, 0) is 9.84 Å². The Balaban J connectivity index is 1.94. The number of aromatic carboxylic acids is 1. The Labute approximate surface area is 130 Å². The molecule has 0 saturated carbocycles.